The van der Waals surface area contributed by atoms with E-state index in [0.717, 1.165) is 33.8 Å². The highest BCUT2D eigenvalue weighted by molar-refractivity contribution is 7.99. The first-order chi connectivity index (χ1) is 15.5. The van der Waals surface area contributed by atoms with Crippen LogP contribution in [0.5, 0.6) is 11.5 Å². The summed E-state index contributed by atoms with van der Waals surface area (Å²) in [5.74, 6) is 2.59. The first-order valence-electron chi connectivity index (χ1n) is 10.5. The molecule has 2 aromatic carbocycles. The molecule has 0 aliphatic carbocycles. The lowest BCUT2D eigenvalue weighted by atomic mass is 10.1. The van der Waals surface area contributed by atoms with E-state index in [-0.39, 0.29) is 11.9 Å². The molecule has 0 saturated heterocycles. The van der Waals surface area contributed by atoms with Crippen LogP contribution >= 0.6 is 11.8 Å². The summed E-state index contributed by atoms with van der Waals surface area (Å²) in [5.41, 5.74) is 1.78. The van der Waals surface area contributed by atoms with Crippen LogP contribution in [-0.4, -0.2) is 38.0 Å². The van der Waals surface area contributed by atoms with Crippen LogP contribution < -0.4 is 9.47 Å². The monoisotopic (exact) mass is 450 g/mol. The Morgan fingerprint density at radius 3 is 2.53 bits per heavy atom. The maximum absolute atomic E-state index is 13.0. The Hall–Kier alpha value is -3.26. The van der Waals surface area contributed by atoms with Gasteiger partial charge in [-0.05, 0) is 44.2 Å². The van der Waals surface area contributed by atoms with Gasteiger partial charge >= 0.3 is 0 Å². The fraction of sp³-hybridized carbons (Fsp3) is 0.292. The van der Waals surface area contributed by atoms with E-state index in [2.05, 4.69) is 10.2 Å². The molecule has 2 heterocycles. The lowest BCUT2D eigenvalue weighted by Gasteiger charge is -2.15. The van der Waals surface area contributed by atoms with Gasteiger partial charge in [0.1, 0.15) is 11.5 Å². The van der Waals surface area contributed by atoms with E-state index in [1.165, 1.54) is 11.8 Å². The molecular weight excluding hydrogens is 424 g/mol. The minimum Gasteiger partial charge on any atom is -0.497 e. The van der Waals surface area contributed by atoms with E-state index in [9.17, 15) is 4.79 Å². The van der Waals surface area contributed by atoms with Gasteiger partial charge in [0.05, 0.1) is 12.9 Å². The number of ketones is 1. The predicted octanol–water partition coefficient (Wildman–Crippen LogP) is 4.91. The number of nitrogens with zero attached hydrogens (tertiary/aromatic N) is 4. The molecule has 4 rings (SSSR count). The second-order valence-corrected chi connectivity index (χ2v) is 8.35. The third-order valence-electron chi connectivity index (χ3n) is 5.33. The molecule has 0 aliphatic heterocycles. The fourth-order valence-electron chi connectivity index (χ4n) is 3.69. The van der Waals surface area contributed by atoms with Crippen molar-refractivity contribution in [3.63, 3.8) is 0 Å². The van der Waals surface area contributed by atoms with Gasteiger partial charge in [-0.3, -0.25) is 4.79 Å². The largest absolute Gasteiger partial charge is 0.497 e. The number of para-hydroxylation sites is 1. The number of carbonyl (C=O) groups is 1. The highest BCUT2D eigenvalue weighted by atomic mass is 32.2. The maximum Gasteiger partial charge on any atom is 0.191 e. The number of fused-ring (bicyclic) bond motifs is 1. The minimum absolute atomic E-state index is 0.0709. The molecule has 0 aliphatic rings. The number of hydrogen-bond donors (Lipinski definition) is 0. The summed E-state index contributed by atoms with van der Waals surface area (Å²) in [4.78, 5) is 13.0. The molecule has 0 amide bonds. The van der Waals surface area contributed by atoms with Crippen molar-refractivity contribution in [1.82, 2.24) is 19.3 Å². The number of carbonyl (C=O) groups excluding carboxylic acids is 1. The minimum atomic E-state index is -0.293. The Morgan fingerprint density at radius 2 is 1.81 bits per heavy atom. The van der Waals surface area contributed by atoms with Crippen LogP contribution in [0.2, 0.25) is 0 Å². The Morgan fingerprint density at radius 1 is 1.09 bits per heavy atom. The Labute approximate surface area is 191 Å². The lowest BCUT2D eigenvalue weighted by molar-refractivity contribution is 0.102. The van der Waals surface area contributed by atoms with E-state index in [0.29, 0.717) is 17.5 Å². The number of aromatic nitrogens is 4. The van der Waals surface area contributed by atoms with E-state index < -0.39 is 0 Å². The van der Waals surface area contributed by atoms with Crippen molar-refractivity contribution in [2.45, 2.75) is 31.7 Å². The van der Waals surface area contributed by atoms with Crippen LogP contribution in [0, 0.1) is 0 Å². The molecule has 0 radical (unpaired) electrons. The standard InChI is InChI=1S/C24H26N4O3S/c1-5-28-23(16(2)31-18-12-10-17(30-4)11-13-18)25-26-24(28)32-15-22(29)20-14-27(3)21-9-7-6-8-19(20)21/h6-14,16H,5,15H2,1-4H3. The van der Waals surface area contributed by atoms with Gasteiger partial charge in [-0.2, -0.15) is 0 Å². The third kappa shape index (κ3) is 4.36. The molecule has 0 bridgehead atoms. The number of hydrogen-bond acceptors (Lipinski definition) is 6. The fourth-order valence-corrected chi connectivity index (χ4v) is 4.58. The lowest BCUT2D eigenvalue weighted by Crippen LogP contribution is -2.12. The number of ether oxygens (including phenoxy) is 2. The van der Waals surface area contributed by atoms with Gasteiger partial charge in [0, 0.05) is 36.3 Å². The van der Waals surface area contributed by atoms with Crippen molar-refractivity contribution in [1.29, 1.82) is 0 Å². The maximum atomic E-state index is 13.0. The molecule has 0 saturated carbocycles. The van der Waals surface area contributed by atoms with Crippen LogP contribution in [0.4, 0.5) is 0 Å². The number of benzene rings is 2. The third-order valence-corrected chi connectivity index (χ3v) is 6.29. The van der Waals surface area contributed by atoms with Gasteiger partial charge in [0.15, 0.2) is 22.9 Å². The summed E-state index contributed by atoms with van der Waals surface area (Å²) in [6, 6.07) is 15.4. The van der Waals surface area contributed by atoms with Crippen molar-refractivity contribution in [3.8, 4) is 11.5 Å². The zero-order valence-electron chi connectivity index (χ0n) is 18.6. The molecule has 7 nitrogen and oxygen atoms in total. The van der Waals surface area contributed by atoms with E-state index in [1.807, 2.05) is 84.8 Å². The highest BCUT2D eigenvalue weighted by Crippen LogP contribution is 2.27. The molecule has 0 fully saturated rings. The van der Waals surface area contributed by atoms with Crippen LogP contribution in [-0.2, 0) is 13.6 Å². The van der Waals surface area contributed by atoms with Crippen LogP contribution in [0.25, 0.3) is 10.9 Å². The first kappa shape index (κ1) is 22.0. The first-order valence-corrected chi connectivity index (χ1v) is 11.4. The average molecular weight is 451 g/mol. The number of methoxy groups -OCH3 is 1. The molecular formula is C24H26N4O3S. The topological polar surface area (TPSA) is 71.2 Å². The van der Waals surface area contributed by atoms with Gasteiger partial charge in [-0.15, -0.1) is 10.2 Å². The van der Waals surface area contributed by atoms with E-state index in [4.69, 9.17) is 9.47 Å². The normalized spacial score (nSPS) is 12.1. The SMILES string of the molecule is CCn1c(SCC(=O)c2cn(C)c3ccccc23)nnc1C(C)Oc1ccc(OC)cc1. The van der Waals surface area contributed by atoms with Gasteiger partial charge in [-0.25, -0.2) is 0 Å². The number of thioether (sulfide) groups is 1. The van der Waals surface area contributed by atoms with Crippen LogP contribution in [0.3, 0.4) is 0 Å². The number of Topliss-reactive ketones (excluding diaryl/α,β-unsaturated/α-hetero) is 1. The van der Waals surface area contributed by atoms with Crippen molar-refractivity contribution in [3.05, 3.63) is 66.1 Å². The van der Waals surface area contributed by atoms with Crippen molar-refractivity contribution >= 4 is 28.4 Å². The molecule has 166 valence electrons. The van der Waals surface area contributed by atoms with Gasteiger partial charge in [0.2, 0.25) is 0 Å². The van der Waals surface area contributed by atoms with Gasteiger partial charge in [0.25, 0.3) is 0 Å². The summed E-state index contributed by atoms with van der Waals surface area (Å²) in [7, 11) is 3.59. The van der Waals surface area contributed by atoms with E-state index >= 15 is 0 Å². The van der Waals surface area contributed by atoms with Crippen molar-refractivity contribution in [2.24, 2.45) is 7.05 Å². The van der Waals surface area contributed by atoms with E-state index in [1.54, 1.807) is 7.11 Å². The van der Waals surface area contributed by atoms with Gasteiger partial charge < -0.3 is 18.6 Å². The molecule has 1 atom stereocenters. The summed E-state index contributed by atoms with van der Waals surface area (Å²) >= 11 is 1.40. The summed E-state index contributed by atoms with van der Waals surface area (Å²) in [5, 5.41) is 10.4. The van der Waals surface area contributed by atoms with Gasteiger partial charge in [-0.1, -0.05) is 30.0 Å². The second kappa shape index (κ2) is 9.48. The molecule has 32 heavy (non-hydrogen) atoms. The average Bonchev–Trinajstić information content (AvgIpc) is 3.39. The summed E-state index contributed by atoms with van der Waals surface area (Å²) in [6.07, 6.45) is 1.60. The highest BCUT2D eigenvalue weighted by Gasteiger charge is 2.21. The zero-order valence-corrected chi connectivity index (χ0v) is 19.4. The Balaban J connectivity index is 1.47. The molecule has 1 unspecified atom stereocenters. The number of aryl methyl sites for hydroxylation is 1. The second-order valence-electron chi connectivity index (χ2n) is 7.40. The molecule has 8 heteroatoms. The Bertz CT molecular complexity index is 1230. The van der Waals surface area contributed by atoms with Crippen LogP contribution in [0.1, 0.15) is 36.1 Å². The zero-order chi connectivity index (χ0) is 22.7. The molecule has 0 spiro atoms. The molecule has 0 N–H and O–H groups in total. The van der Waals surface area contributed by atoms with Crippen molar-refractivity contribution in [2.75, 3.05) is 12.9 Å². The molecule has 2 aromatic heterocycles. The van der Waals surface area contributed by atoms with Crippen molar-refractivity contribution < 1.29 is 14.3 Å². The quantitative estimate of drug-likeness (QED) is 0.266. The smallest absolute Gasteiger partial charge is 0.191 e. The van der Waals surface area contributed by atoms with Crippen LogP contribution in [0.15, 0.2) is 59.9 Å². The number of rotatable bonds is 9. The summed E-state index contributed by atoms with van der Waals surface area (Å²) < 4.78 is 15.2. The summed E-state index contributed by atoms with van der Waals surface area (Å²) in [6.45, 7) is 4.66. The predicted molar refractivity (Wildman–Crippen MR) is 126 cm³/mol. The molecule has 4 aromatic rings. The Kier molecular flexibility index (Phi) is 6.50.